The average molecular weight is 291 g/mol. The molecule has 0 spiro atoms. The van der Waals surface area contributed by atoms with E-state index in [0.29, 0.717) is 6.29 Å². The summed E-state index contributed by atoms with van der Waals surface area (Å²) in [4.78, 5) is 23.7. The fourth-order valence-corrected chi connectivity index (χ4v) is 2.84. The molecule has 5 heteroatoms. The number of hydrogen-bond donors (Lipinski definition) is 1. The van der Waals surface area contributed by atoms with Crippen LogP contribution in [-0.2, 0) is 9.53 Å². The molecule has 0 bridgehead atoms. The van der Waals surface area contributed by atoms with Crippen molar-refractivity contribution in [3.8, 4) is 0 Å². The van der Waals surface area contributed by atoms with Crippen LogP contribution in [0.4, 0.5) is 4.79 Å². The molecule has 1 aromatic heterocycles. The van der Waals surface area contributed by atoms with Gasteiger partial charge in [-0.2, -0.15) is 0 Å². The second-order valence-corrected chi connectivity index (χ2v) is 6.56. The van der Waals surface area contributed by atoms with Crippen molar-refractivity contribution in [1.29, 1.82) is 0 Å². The summed E-state index contributed by atoms with van der Waals surface area (Å²) < 4.78 is 6.24. The molecule has 2 rings (SSSR count). The molecule has 20 heavy (non-hydrogen) atoms. The van der Waals surface area contributed by atoms with Crippen molar-refractivity contribution < 1.29 is 14.3 Å². The normalized spacial score (nSPS) is 12.9. The lowest BCUT2D eigenvalue weighted by Crippen LogP contribution is -2.35. The predicted molar refractivity (Wildman–Crippen MR) is 80.0 cm³/mol. The molecule has 0 fully saturated rings. The number of thiophene rings is 1. The van der Waals surface area contributed by atoms with E-state index >= 15 is 0 Å². The maximum Gasteiger partial charge on any atom is 0.408 e. The molecule has 1 atom stereocenters. The Bertz CT molecular complexity index is 594. The topological polar surface area (TPSA) is 55.4 Å². The van der Waals surface area contributed by atoms with Gasteiger partial charge in [-0.05, 0) is 38.3 Å². The lowest BCUT2D eigenvalue weighted by Gasteiger charge is -2.21. The Morgan fingerprint density at radius 3 is 2.65 bits per heavy atom. The first-order valence-corrected chi connectivity index (χ1v) is 7.14. The summed E-state index contributed by atoms with van der Waals surface area (Å²) in [5.41, 5.74) is -0.586. The molecule has 1 heterocycles. The number of rotatable bonds is 3. The van der Waals surface area contributed by atoms with Crippen LogP contribution in [-0.4, -0.2) is 18.0 Å². The van der Waals surface area contributed by atoms with Crippen molar-refractivity contribution in [2.24, 2.45) is 0 Å². The van der Waals surface area contributed by atoms with Gasteiger partial charge in [0.25, 0.3) is 0 Å². The molecule has 106 valence electrons. The lowest BCUT2D eigenvalue weighted by atomic mass is 10.2. The van der Waals surface area contributed by atoms with Crippen LogP contribution in [0.5, 0.6) is 0 Å². The second-order valence-electron chi connectivity index (χ2n) is 5.45. The molecule has 0 saturated carbocycles. The van der Waals surface area contributed by atoms with Gasteiger partial charge in [-0.25, -0.2) is 4.79 Å². The quantitative estimate of drug-likeness (QED) is 0.878. The summed E-state index contributed by atoms with van der Waals surface area (Å²) in [6, 6.07) is 9.08. The first-order chi connectivity index (χ1) is 9.39. The maximum atomic E-state index is 11.7. The monoisotopic (exact) mass is 291 g/mol. The van der Waals surface area contributed by atoms with Gasteiger partial charge in [-0.15, -0.1) is 11.3 Å². The van der Waals surface area contributed by atoms with Gasteiger partial charge in [0, 0.05) is 9.58 Å². The molecule has 0 aliphatic carbocycles. The van der Waals surface area contributed by atoms with E-state index in [1.165, 1.54) is 11.3 Å². The van der Waals surface area contributed by atoms with Gasteiger partial charge >= 0.3 is 6.09 Å². The molecule has 1 N–H and O–H groups in total. The molecule has 0 aliphatic rings. The third-order valence-corrected chi connectivity index (χ3v) is 3.76. The average Bonchev–Trinajstić information content (AvgIpc) is 2.77. The van der Waals surface area contributed by atoms with Gasteiger partial charge in [-0.1, -0.05) is 18.2 Å². The van der Waals surface area contributed by atoms with Gasteiger partial charge in [0.15, 0.2) is 0 Å². The maximum absolute atomic E-state index is 11.7. The first-order valence-electron chi connectivity index (χ1n) is 6.32. The standard InChI is InChI=1S/C15H17NO3S/c1-15(2,3)19-14(18)16-11(9-17)13-8-10-6-4-5-7-12(10)20-13/h4-9,11H,1-3H3,(H,16,18). The SMILES string of the molecule is CC(C)(C)OC(=O)NC(C=O)c1cc2ccccc2s1. The van der Waals surface area contributed by atoms with E-state index in [2.05, 4.69) is 5.32 Å². The molecule has 1 unspecified atom stereocenters. The zero-order valence-electron chi connectivity index (χ0n) is 11.7. The van der Waals surface area contributed by atoms with Crippen molar-refractivity contribution in [1.82, 2.24) is 5.32 Å². The highest BCUT2D eigenvalue weighted by atomic mass is 32.1. The van der Waals surface area contributed by atoms with Gasteiger partial charge in [-0.3, -0.25) is 0 Å². The van der Waals surface area contributed by atoms with Crippen LogP contribution in [0, 0.1) is 0 Å². The summed E-state index contributed by atoms with van der Waals surface area (Å²) in [6.45, 7) is 5.34. The number of hydrogen-bond acceptors (Lipinski definition) is 4. The third kappa shape index (κ3) is 3.57. The van der Waals surface area contributed by atoms with Gasteiger partial charge in [0.2, 0.25) is 0 Å². The Morgan fingerprint density at radius 1 is 1.35 bits per heavy atom. The molecular weight excluding hydrogens is 274 g/mol. The Kier molecular flexibility index (Phi) is 4.09. The van der Waals surface area contributed by atoms with E-state index in [1.807, 2.05) is 30.3 Å². The smallest absolute Gasteiger partial charge is 0.408 e. The second kappa shape index (κ2) is 5.63. The highest BCUT2D eigenvalue weighted by molar-refractivity contribution is 7.19. The molecular formula is C15H17NO3S. The van der Waals surface area contributed by atoms with E-state index in [-0.39, 0.29) is 0 Å². The summed E-state index contributed by atoms with van der Waals surface area (Å²) in [5, 5.41) is 3.64. The Hall–Kier alpha value is -1.88. The van der Waals surface area contributed by atoms with Crippen molar-refractivity contribution in [3.05, 3.63) is 35.2 Å². The van der Waals surface area contributed by atoms with Crippen molar-refractivity contribution >= 4 is 33.8 Å². The van der Waals surface area contributed by atoms with E-state index in [4.69, 9.17) is 4.74 Å². The Labute approximate surface area is 121 Å². The number of aldehydes is 1. The van der Waals surface area contributed by atoms with Crippen LogP contribution in [0.25, 0.3) is 10.1 Å². The van der Waals surface area contributed by atoms with Crippen LogP contribution in [0.3, 0.4) is 0 Å². The number of carbonyl (C=O) groups is 2. The lowest BCUT2D eigenvalue weighted by molar-refractivity contribution is -0.109. The van der Waals surface area contributed by atoms with E-state index < -0.39 is 17.7 Å². The van der Waals surface area contributed by atoms with E-state index in [0.717, 1.165) is 15.0 Å². The number of fused-ring (bicyclic) bond motifs is 1. The minimum absolute atomic E-state index is 0.586. The van der Waals surface area contributed by atoms with E-state index in [9.17, 15) is 9.59 Å². The number of amides is 1. The first kappa shape index (κ1) is 14.5. The van der Waals surface area contributed by atoms with Crippen molar-refractivity contribution in [2.75, 3.05) is 0 Å². The number of benzene rings is 1. The van der Waals surface area contributed by atoms with Crippen LogP contribution in [0.2, 0.25) is 0 Å². The number of ether oxygens (including phenoxy) is 1. The zero-order valence-corrected chi connectivity index (χ0v) is 12.5. The van der Waals surface area contributed by atoms with Crippen LogP contribution in [0.15, 0.2) is 30.3 Å². The van der Waals surface area contributed by atoms with Gasteiger partial charge in [0.1, 0.15) is 17.9 Å². The summed E-state index contributed by atoms with van der Waals surface area (Å²) >= 11 is 1.49. The molecule has 0 radical (unpaired) electrons. The fourth-order valence-electron chi connectivity index (χ4n) is 1.76. The largest absolute Gasteiger partial charge is 0.444 e. The number of carbonyl (C=O) groups excluding carboxylic acids is 2. The summed E-state index contributed by atoms with van der Waals surface area (Å²) in [6.07, 6.45) is 0.126. The Balaban J connectivity index is 2.15. The van der Waals surface area contributed by atoms with Crippen LogP contribution in [0.1, 0.15) is 31.7 Å². The van der Waals surface area contributed by atoms with E-state index in [1.54, 1.807) is 20.8 Å². The highest BCUT2D eigenvalue weighted by Gasteiger charge is 2.21. The molecule has 0 aliphatic heterocycles. The molecule has 2 aromatic rings. The minimum atomic E-state index is -0.678. The van der Waals surface area contributed by atoms with Crippen LogP contribution >= 0.6 is 11.3 Å². The highest BCUT2D eigenvalue weighted by Crippen LogP contribution is 2.29. The van der Waals surface area contributed by atoms with Crippen LogP contribution < -0.4 is 5.32 Å². The Morgan fingerprint density at radius 2 is 2.05 bits per heavy atom. The molecule has 1 amide bonds. The van der Waals surface area contributed by atoms with Gasteiger partial charge < -0.3 is 14.8 Å². The third-order valence-electron chi connectivity index (χ3n) is 2.56. The number of nitrogens with one attached hydrogen (secondary N) is 1. The predicted octanol–water partition coefficient (Wildman–Crippen LogP) is 3.67. The van der Waals surface area contributed by atoms with Crippen molar-refractivity contribution in [3.63, 3.8) is 0 Å². The molecule has 4 nitrogen and oxygen atoms in total. The van der Waals surface area contributed by atoms with Crippen molar-refractivity contribution in [2.45, 2.75) is 32.4 Å². The zero-order chi connectivity index (χ0) is 14.8. The molecule has 1 aromatic carbocycles. The minimum Gasteiger partial charge on any atom is -0.444 e. The summed E-state index contributed by atoms with van der Waals surface area (Å²) in [7, 11) is 0. The number of alkyl carbamates (subject to hydrolysis) is 1. The van der Waals surface area contributed by atoms with Gasteiger partial charge in [0.05, 0.1) is 0 Å². The summed E-state index contributed by atoms with van der Waals surface area (Å²) in [5.74, 6) is 0. The molecule has 0 saturated heterocycles. The fraction of sp³-hybridized carbons (Fsp3) is 0.333.